The molecule has 0 saturated carbocycles. The minimum Gasteiger partial charge on any atom is -0.494 e. The molecular formula is C21H29N3O. The topological polar surface area (TPSA) is 57.1 Å². The van der Waals surface area contributed by atoms with Crippen LogP contribution in [-0.4, -0.2) is 19.1 Å². The van der Waals surface area contributed by atoms with Gasteiger partial charge in [0, 0.05) is 12.2 Å². The first-order valence-electron chi connectivity index (χ1n) is 9.14. The summed E-state index contributed by atoms with van der Waals surface area (Å²) in [6.45, 7) is 3.71. The number of benzene rings is 2. The van der Waals surface area contributed by atoms with Crippen molar-refractivity contribution in [1.82, 2.24) is 5.32 Å². The van der Waals surface area contributed by atoms with E-state index in [-0.39, 0.29) is 0 Å². The lowest BCUT2D eigenvalue weighted by atomic mass is 10.1. The van der Waals surface area contributed by atoms with E-state index in [1.807, 2.05) is 30.3 Å². The summed E-state index contributed by atoms with van der Waals surface area (Å²) in [4.78, 5) is 0. The number of aryl methyl sites for hydroxylation is 1. The van der Waals surface area contributed by atoms with Crippen LogP contribution in [0.2, 0.25) is 0 Å². The molecule has 0 unspecified atom stereocenters. The molecule has 0 aliphatic heterocycles. The van der Waals surface area contributed by atoms with E-state index in [1.54, 1.807) is 0 Å². The van der Waals surface area contributed by atoms with Crippen LogP contribution in [0.5, 0.6) is 5.75 Å². The van der Waals surface area contributed by atoms with E-state index in [2.05, 4.69) is 41.8 Å². The van der Waals surface area contributed by atoms with Crippen LogP contribution in [0, 0.1) is 5.41 Å². The minimum atomic E-state index is 0.333. The van der Waals surface area contributed by atoms with Gasteiger partial charge in [0.25, 0.3) is 0 Å². The highest BCUT2D eigenvalue weighted by Gasteiger charge is 1.99. The number of guanidine groups is 1. The molecular weight excluding hydrogens is 310 g/mol. The molecule has 0 heterocycles. The van der Waals surface area contributed by atoms with Crippen molar-refractivity contribution in [3.05, 3.63) is 60.2 Å². The molecule has 4 heteroatoms. The molecule has 2 aromatic rings. The van der Waals surface area contributed by atoms with E-state index >= 15 is 0 Å². The van der Waals surface area contributed by atoms with Crippen molar-refractivity contribution in [2.24, 2.45) is 0 Å². The molecule has 2 aromatic carbocycles. The zero-order chi connectivity index (χ0) is 17.7. The van der Waals surface area contributed by atoms with Gasteiger partial charge in [0.1, 0.15) is 5.75 Å². The summed E-state index contributed by atoms with van der Waals surface area (Å²) < 4.78 is 5.64. The molecule has 0 fully saturated rings. The summed E-state index contributed by atoms with van der Waals surface area (Å²) in [6.07, 6.45) is 5.45. The molecule has 3 N–H and O–H groups in total. The Hall–Kier alpha value is -2.49. The summed E-state index contributed by atoms with van der Waals surface area (Å²) in [5.74, 6) is 1.21. The van der Waals surface area contributed by atoms with Crippen LogP contribution >= 0.6 is 0 Å². The first-order chi connectivity index (χ1) is 12.3. The SMILES string of the molecule is CCCCOc1ccc(NC(=N)NCCCCc2ccccc2)cc1. The molecule has 4 nitrogen and oxygen atoms in total. The molecule has 0 atom stereocenters. The Kier molecular flexibility index (Phi) is 8.39. The third-order valence-electron chi connectivity index (χ3n) is 3.93. The molecule has 2 rings (SSSR count). The maximum Gasteiger partial charge on any atom is 0.192 e. The van der Waals surface area contributed by atoms with Crippen LogP contribution in [0.25, 0.3) is 0 Å². The molecule has 0 amide bonds. The van der Waals surface area contributed by atoms with E-state index in [9.17, 15) is 0 Å². The molecule has 0 aliphatic carbocycles. The fourth-order valence-electron chi connectivity index (χ4n) is 2.47. The molecule has 0 bridgehead atoms. The number of unbranched alkanes of at least 4 members (excludes halogenated alkanes) is 2. The van der Waals surface area contributed by atoms with Gasteiger partial charge in [0.15, 0.2) is 5.96 Å². The second-order valence-electron chi connectivity index (χ2n) is 6.10. The lowest BCUT2D eigenvalue weighted by Gasteiger charge is -2.11. The molecule has 0 saturated heterocycles. The van der Waals surface area contributed by atoms with Crippen LogP contribution in [0.3, 0.4) is 0 Å². The fourth-order valence-corrected chi connectivity index (χ4v) is 2.47. The van der Waals surface area contributed by atoms with Crippen molar-refractivity contribution in [3.8, 4) is 5.75 Å². The van der Waals surface area contributed by atoms with Gasteiger partial charge in [-0.3, -0.25) is 5.41 Å². The molecule has 0 aliphatic rings. The number of anilines is 1. The van der Waals surface area contributed by atoms with E-state index in [1.165, 1.54) is 5.56 Å². The average molecular weight is 339 g/mol. The highest BCUT2D eigenvalue weighted by Crippen LogP contribution is 2.15. The molecule has 134 valence electrons. The summed E-state index contributed by atoms with van der Waals surface area (Å²) in [5.41, 5.74) is 2.27. The Labute approximate surface area is 151 Å². The van der Waals surface area contributed by atoms with Gasteiger partial charge in [-0.15, -0.1) is 0 Å². The molecule has 0 spiro atoms. The fraction of sp³-hybridized carbons (Fsp3) is 0.381. The zero-order valence-electron chi connectivity index (χ0n) is 15.1. The normalized spacial score (nSPS) is 10.3. The molecule has 0 radical (unpaired) electrons. The van der Waals surface area contributed by atoms with Gasteiger partial charge in [-0.1, -0.05) is 43.7 Å². The number of hydrogen-bond acceptors (Lipinski definition) is 2. The second-order valence-corrected chi connectivity index (χ2v) is 6.10. The lowest BCUT2D eigenvalue weighted by molar-refractivity contribution is 0.309. The Morgan fingerprint density at radius 2 is 1.72 bits per heavy atom. The van der Waals surface area contributed by atoms with E-state index in [4.69, 9.17) is 10.1 Å². The molecule has 0 aromatic heterocycles. The largest absolute Gasteiger partial charge is 0.494 e. The number of ether oxygens (including phenoxy) is 1. The minimum absolute atomic E-state index is 0.333. The van der Waals surface area contributed by atoms with Gasteiger partial charge in [0.2, 0.25) is 0 Å². The zero-order valence-corrected chi connectivity index (χ0v) is 15.1. The number of rotatable bonds is 10. The van der Waals surface area contributed by atoms with E-state index < -0.39 is 0 Å². The smallest absolute Gasteiger partial charge is 0.192 e. The van der Waals surface area contributed by atoms with Crippen LogP contribution < -0.4 is 15.4 Å². The standard InChI is InChI=1S/C21H29N3O/c1-2-3-17-25-20-14-12-19(13-15-20)24-21(22)23-16-8-7-11-18-9-5-4-6-10-18/h4-6,9-10,12-15H,2-3,7-8,11,16-17H2,1H3,(H3,22,23,24). The summed E-state index contributed by atoms with van der Waals surface area (Å²) in [7, 11) is 0. The van der Waals surface area contributed by atoms with Crippen molar-refractivity contribution in [2.45, 2.75) is 39.0 Å². The third kappa shape index (κ3) is 7.75. The van der Waals surface area contributed by atoms with Gasteiger partial charge < -0.3 is 15.4 Å². The Morgan fingerprint density at radius 3 is 2.44 bits per heavy atom. The van der Waals surface area contributed by atoms with Gasteiger partial charge in [-0.2, -0.15) is 0 Å². The first kappa shape index (κ1) is 18.8. The Bertz CT molecular complexity index is 611. The van der Waals surface area contributed by atoms with Crippen LogP contribution in [0.1, 0.15) is 38.2 Å². The quantitative estimate of drug-likeness (QED) is 0.330. The van der Waals surface area contributed by atoms with Crippen LogP contribution in [0.15, 0.2) is 54.6 Å². The van der Waals surface area contributed by atoms with E-state index in [0.29, 0.717) is 5.96 Å². The van der Waals surface area contributed by atoms with Crippen molar-refractivity contribution in [3.63, 3.8) is 0 Å². The highest BCUT2D eigenvalue weighted by molar-refractivity contribution is 5.91. The van der Waals surface area contributed by atoms with Gasteiger partial charge in [-0.25, -0.2) is 0 Å². The Morgan fingerprint density at radius 1 is 0.960 bits per heavy atom. The maximum atomic E-state index is 7.96. The summed E-state index contributed by atoms with van der Waals surface area (Å²) >= 11 is 0. The lowest BCUT2D eigenvalue weighted by Crippen LogP contribution is -2.30. The highest BCUT2D eigenvalue weighted by atomic mass is 16.5. The first-order valence-corrected chi connectivity index (χ1v) is 9.14. The number of nitrogens with one attached hydrogen (secondary N) is 3. The van der Waals surface area contributed by atoms with Crippen molar-refractivity contribution >= 4 is 11.6 Å². The summed E-state index contributed by atoms with van der Waals surface area (Å²) in [5, 5.41) is 14.1. The maximum absolute atomic E-state index is 7.96. The van der Waals surface area contributed by atoms with Crippen molar-refractivity contribution in [1.29, 1.82) is 5.41 Å². The summed E-state index contributed by atoms with van der Waals surface area (Å²) in [6, 6.07) is 18.3. The number of hydrogen-bond donors (Lipinski definition) is 3. The molecule has 25 heavy (non-hydrogen) atoms. The predicted octanol–water partition coefficient (Wildman–Crippen LogP) is 4.82. The van der Waals surface area contributed by atoms with Gasteiger partial charge in [-0.05, 0) is 55.5 Å². The van der Waals surface area contributed by atoms with Gasteiger partial charge in [0.05, 0.1) is 6.61 Å². The third-order valence-corrected chi connectivity index (χ3v) is 3.93. The predicted molar refractivity (Wildman–Crippen MR) is 106 cm³/mol. The Balaban J connectivity index is 1.59. The van der Waals surface area contributed by atoms with Crippen molar-refractivity contribution in [2.75, 3.05) is 18.5 Å². The average Bonchev–Trinajstić information content (AvgIpc) is 2.64. The van der Waals surface area contributed by atoms with E-state index in [0.717, 1.165) is 56.7 Å². The monoisotopic (exact) mass is 339 g/mol. The van der Waals surface area contributed by atoms with Crippen LogP contribution in [0.4, 0.5) is 5.69 Å². The van der Waals surface area contributed by atoms with Crippen molar-refractivity contribution < 1.29 is 4.74 Å². The van der Waals surface area contributed by atoms with Gasteiger partial charge >= 0.3 is 0 Å². The van der Waals surface area contributed by atoms with Crippen LogP contribution in [-0.2, 0) is 6.42 Å². The second kappa shape index (κ2) is 11.1.